The number of methoxy groups -OCH3 is 1. The Morgan fingerprint density at radius 2 is 2.29 bits per heavy atom. The number of nitriles is 1. The summed E-state index contributed by atoms with van der Waals surface area (Å²) in [6.45, 7) is 3.07. The van der Waals surface area contributed by atoms with Crippen LogP contribution in [-0.4, -0.2) is 48.2 Å². The molecule has 0 spiro atoms. The second kappa shape index (κ2) is 8.30. The summed E-state index contributed by atoms with van der Waals surface area (Å²) >= 11 is 0. The average molecular weight is 240 g/mol. The molecular formula is C11H16N2O4. The van der Waals surface area contributed by atoms with E-state index in [0.717, 1.165) is 4.90 Å². The quantitative estimate of drug-likeness (QED) is 0.490. The topological polar surface area (TPSA) is 90.6 Å². The van der Waals surface area contributed by atoms with Crippen LogP contribution >= 0.6 is 0 Å². The van der Waals surface area contributed by atoms with Gasteiger partial charge in [-0.05, 0) is 6.42 Å². The molecule has 0 saturated carbocycles. The van der Waals surface area contributed by atoms with E-state index < -0.39 is 17.9 Å². The van der Waals surface area contributed by atoms with Crippen molar-refractivity contribution in [1.29, 1.82) is 5.26 Å². The minimum absolute atomic E-state index is 0.138. The van der Waals surface area contributed by atoms with E-state index >= 15 is 0 Å². The Labute approximate surface area is 100 Å². The molecule has 6 nitrogen and oxygen atoms in total. The Morgan fingerprint density at radius 1 is 1.65 bits per heavy atom. The van der Waals surface area contributed by atoms with Crippen LogP contribution in [-0.2, 0) is 14.3 Å². The molecule has 0 aromatic carbocycles. The molecule has 0 aromatic rings. The molecule has 0 aliphatic rings. The number of carbonyl (C=O) groups is 2. The van der Waals surface area contributed by atoms with Gasteiger partial charge in [0.1, 0.15) is 6.54 Å². The number of allylic oxidation sites excluding steroid dienone is 1. The average Bonchev–Trinajstić information content (AvgIpc) is 2.30. The largest absolute Gasteiger partial charge is 0.480 e. The first-order valence-corrected chi connectivity index (χ1v) is 5.07. The first-order valence-electron chi connectivity index (χ1n) is 5.07. The van der Waals surface area contributed by atoms with Gasteiger partial charge in [0.2, 0.25) is 5.91 Å². The van der Waals surface area contributed by atoms with Crippen LogP contribution in [0.25, 0.3) is 0 Å². The summed E-state index contributed by atoms with van der Waals surface area (Å²) in [5, 5.41) is 17.6. The smallest absolute Gasteiger partial charge is 0.328 e. The number of ether oxygens (including phenoxy) is 1. The van der Waals surface area contributed by atoms with Crippen molar-refractivity contribution in [3.8, 4) is 6.07 Å². The third-order valence-electron chi connectivity index (χ3n) is 2.11. The second-order valence-electron chi connectivity index (χ2n) is 3.32. The van der Waals surface area contributed by atoms with E-state index in [0.29, 0.717) is 6.42 Å². The number of rotatable bonds is 8. The Kier molecular flexibility index (Phi) is 7.39. The first-order chi connectivity index (χ1) is 8.08. The Bertz CT molecular complexity index is 322. The molecule has 0 radical (unpaired) electrons. The van der Waals surface area contributed by atoms with Crippen LogP contribution in [0.4, 0.5) is 0 Å². The predicted octanol–water partition coefficient (Wildman–Crippen LogP) is 0.404. The molecule has 17 heavy (non-hydrogen) atoms. The van der Waals surface area contributed by atoms with E-state index in [1.165, 1.54) is 7.11 Å². The predicted molar refractivity (Wildman–Crippen MR) is 60.1 cm³/mol. The van der Waals surface area contributed by atoms with Crippen molar-refractivity contribution < 1.29 is 19.4 Å². The van der Waals surface area contributed by atoms with Crippen LogP contribution in [0.3, 0.4) is 0 Å². The van der Waals surface area contributed by atoms with E-state index in [2.05, 4.69) is 6.58 Å². The van der Waals surface area contributed by atoms with E-state index in [4.69, 9.17) is 15.1 Å². The van der Waals surface area contributed by atoms with Crippen molar-refractivity contribution >= 4 is 11.9 Å². The minimum Gasteiger partial charge on any atom is -0.480 e. The van der Waals surface area contributed by atoms with Gasteiger partial charge >= 0.3 is 5.97 Å². The zero-order chi connectivity index (χ0) is 13.3. The van der Waals surface area contributed by atoms with Gasteiger partial charge < -0.3 is 14.7 Å². The first kappa shape index (κ1) is 15.1. The van der Waals surface area contributed by atoms with Crippen molar-refractivity contribution in [2.24, 2.45) is 0 Å². The normalized spacial score (nSPS) is 11.3. The summed E-state index contributed by atoms with van der Waals surface area (Å²) in [5.74, 6) is -1.58. The Hall–Kier alpha value is -1.87. The molecular weight excluding hydrogens is 224 g/mol. The standard InChI is InChI=1S/C11H16N2O4/c1-3-4-5-10(14)13(7-6-12)9(8-17-2)11(15)16/h3,9H,1,4-5,7-8H2,2H3,(H,15,16). The summed E-state index contributed by atoms with van der Waals surface area (Å²) in [7, 11) is 1.34. The maximum Gasteiger partial charge on any atom is 0.328 e. The molecule has 0 aliphatic heterocycles. The lowest BCUT2D eigenvalue weighted by Gasteiger charge is -2.26. The molecule has 94 valence electrons. The van der Waals surface area contributed by atoms with Crippen molar-refractivity contribution in [1.82, 2.24) is 4.90 Å². The summed E-state index contributed by atoms with van der Waals surface area (Å²) in [6.07, 6.45) is 2.15. The van der Waals surface area contributed by atoms with Crippen LogP contribution < -0.4 is 0 Å². The van der Waals surface area contributed by atoms with Gasteiger partial charge in [-0.15, -0.1) is 6.58 Å². The van der Waals surface area contributed by atoms with Gasteiger partial charge in [-0.2, -0.15) is 5.26 Å². The third-order valence-corrected chi connectivity index (χ3v) is 2.11. The van der Waals surface area contributed by atoms with Gasteiger partial charge in [0.15, 0.2) is 6.04 Å². The van der Waals surface area contributed by atoms with Crippen LogP contribution in [0.15, 0.2) is 12.7 Å². The van der Waals surface area contributed by atoms with Gasteiger partial charge in [-0.3, -0.25) is 4.79 Å². The molecule has 0 aromatic heterocycles. The van der Waals surface area contributed by atoms with E-state index in [-0.39, 0.29) is 19.6 Å². The van der Waals surface area contributed by atoms with E-state index in [1.807, 2.05) is 0 Å². The van der Waals surface area contributed by atoms with Gasteiger partial charge in [-0.1, -0.05) is 6.08 Å². The highest BCUT2D eigenvalue weighted by Gasteiger charge is 2.28. The second-order valence-corrected chi connectivity index (χ2v) is 3.32. The fourth-order valence-electron chi connectivity index (χ4n) is 1.27. The van der Waals surface area contributed by atoms with Crippen LogP contribution in [0.5, 0.6) is 0 Å². The molecule has 0 rings (SSSR count). The molecule has 1 N–H and O–H groups in total. The number of aliphatic carboxylic acids is 1. The summed E-state index contributed by atoms with van der Waals surface area (Å²) in [6, 6.07) is 0.651. The fraction of sp³-hybridized carbons (Fsp3) is 0.545. The number of hydrogen-bond donors (Lipinski definition) is 1. The van der Waals surface area contributed by atoms with Gasteiger partial charge in [-0.25, -0.2) is 4.79 Å². The number of hydrogen-bond acceptors (Lipinski definition) is 4. The van der Waals surface area contributed by atoms with Crippen molar-refractivity contribution in [2.75, 3.05) is 20.3 Å². The molecule has 1 unspecified atom stereocenters. The Morgan fingerprint density at radius 3 is 2.71 bits per heavy atom. The van der Waals surface area contributed by atoms with Crippen molar-refractivity contribution in [3.05, 3.63) is 12.7 Å². The maximum atomic E-state index is 11.7. The zero-order valence-electron chi connectivity index (χ0n) is 9.76. The molecule has 0 bridgehead atoms. The number of carboxylic acids is 1. The van der Waals surface area contributed by atoms with E-state index in [9.17, 15) is 9.59 Å². The lowest BCUT2D eigenvalue weighted by Crippen LogP contribution is -2.47. The lowest BCUT2D eigenvalue weighted by atomic mass is 10.2. The molecule has 6 heteroatoms. The number of carboxylic acid groups (broad SMARTS) is 1. The molecule has 0 heterocycles. The number of nitrogens with zero attached hydrogens (tertiary/aromatic N) is 2. The molecule has 0 saturated heterocycles. The fourth-order valence-corrected chi connectivity index (χ4v) is 1.27. The zero-order valence-corrected chi connectivity index (χ0v) is 9.76. The third kappa shape index (κ3) is 5.13. The van der Waals surface area contributed by atoms with Gasteiger partial charge in [0, 0.05) is 13.5 Å². The number of carbonyl (C=O) groups excluding carboxylic acids is 1. The minimum atomic E-state index is -1.19. The summed E-state index contributed by atoms with van der Waals surface area (Å²) < 4.78 is 4.74. The molecule has 0 fully saturated rings. The lowest BCUT2D eigenvalue weighted by molar-refractivity contribution is -0.151. The van der Waals surface area contributed by atoms with Gasteiger partial charge in [0.25, 0.3) is 0 Å². The van der Waals surface area contributed by atoms with Crippen LogP contribution in [0.2, 0.25) is 0 Å². The van der Waals surface area contributed by atoms with Crippen LogP contribution in [0.1, 0.15) is 12.8 Å². The van der Waals surface area contributed by atoms with Crippen LogP contribution in [0, 0.1) is 11.3 Å². The summed E-state index contributed by atoms with van der Waals surface area (Å²) in [4.78, 5) is 23.7. The van der Waals surface area contributed by atoms with Crippen molar-refractivity contribution in [3.63, 3.8) is 0 Å². The highest BCUT2D eigenvalue weighted by molar-refractivity contribution is 5.84. The maximum absolute atomic E-state index is 11.7. The highest BCUT2D eigenvalue weighted by atomic mass is 16.5. The monoisotopic (exact) mass is 240 g/mol. The van der Waals surface area contributed by atoms with Gasteiger partial charge in [0.05, 0.1) is 12.7 Å². The molecule has 1 amide bonds. The molecule has 0 aliphatic carbocycles. The SMILES string of the molecule is C=CCCC(=O)N(CC#N)C(COC)C(=O)O. The molecule has 1 atom stereocenters. The van der Waals surface area contributed by atoms with Crippen molar-refractivity contribution in [2.45, 2.75) is 18.9 Å². The highest BCUT2D eigenvalue weighted by Crippen LogP contribution is 2.06. The summed E-state index contributed by atoms with van der Waals surface area (Å²) in [5.41, 5.74) is 0. The van der Waals surface area contributed by atoms with E-state index in [1.54, 1.807) is 12.1 Å². The Balaban J connectivity index is 4.77. The number of amides is 1.